The molecule has 28 heavy (non-hydrogen) atoms. The zero-order valence-electron chi connectivity index (χ0n) is 14.9. The lowest BCUT2D eigenvalue weighted by Gasteiger charge is -2.28. The Morgan fingerprint density at radius 3 is 2.68 bits per heavy atom. The number of hydrogen-bond acceptors (Lipinski definition) is 3. The van der Waals surface area contributed by atoms with Crippen LogP contribution >= 0.6 is 27.5 Å². The second kappa shape index (κ2) is 7.64. The number of hydrogen-bond donors (Lipinski definition) is 3. The van der Waals surface area contributed by atoms with Crippen LogP contribution in [0.2, 0.25) is 5.02 Å². The van der Waals surface area contributed by atoms with Gasteiger partial charge in [-0.2, -0.15) is 0 Å². The minimum Gasteiger partial charge on any atom is -0.506 e. The highest BCUT2D eigenvalue weighted by molar-refractivity contribution is 9.10. The highest BCUT2D eigenvalue weighted by Gasteiger charge is 2.29. The molecule has 1 fully saturated rings. The summed E-state index contributed by atoms with van der Waals surface area (Å²) in [6, 6.07) is 10.4. The van der Waals surface area contributed by atoms with Crippen molar-refractivity contribution in [3.05, 3.63) is 56.4 Å². The fourth-order valence-electron chi connectivity index (χ4n) is 3.90. The number of nitrogens with zero attached hydrogens (tertiary/aromatic N) is 1. The molecule has 2 aromatic carbocycles. The van der Waals surface area contributed by atoms with Crippen LogP contribution in [0.15, 0.2) is 45.7 Å². The molecular weight excluding hydrogens is 446 g/mol. The summed E-state index contributed by atoms with van der Waals surface area (Å²) in [6.07, 6.45) is 2.92. The second-order valence-corrected chi connectivity index (χ2v) is 8.36. The number of nitrogens with one attached hydrogen (secondary N) is 2. The third-order valence-corrected chi connectivity index (χ3v) is 6.31. The number of para-hydroxylation sites is 1. The highest BCUT2D eigenvalue weighted by atomic mass is 79.9. The molecule has 1 aliphatic carbocycles. The van der Waals surface area contributed by atoms with Gasteiger partial charge in [-0.25, -0.2) is 4.79 Å². The Balaban J connectivity index is 1.45. The largest absolute Gasteiger partial charge is 0.506 e. The number of carbonyl (C=O) groups excluding carboxylic acids is 1. The summed E-state index contributed by atoms with van der Waals surface area (Å²) in [7, 11) is 0. The molecule has 0 unspecified atom stereocenters. The van der Waals surface area contributed by atoms with E-state index in [1.807, 2.05) is 22.8 Å². The first-order valence-corrected chi connectivity index (χ1v) is 10.3. The molecule has 1 aromatic heterocycles. The lowest BCUT2D eigenvalue weighted by molar-refractivity contribution is -0.121. The summed E-state index contributed by atoms with van der Waals surface area (Å²) in [5.74, 6) is -0.193. The maximum atomic E-state index is 12.6. The van der Waals surface area contributed by atoms with Crippen molar-refractivity contribution >= 4 is 50.2 Å². The van der Waals surface area contributed by atoms with Crippen LogP contribution in [-0.4, -0.2) is 20.6 Å². The van der Waals surface area contributed by atoms with Gasteiger partial charge < -0.3 is 15.4 Å². The Morgan fingerprint density at radius 1 is 1.21 bits per heavy atom. The maximum absolute atomic E-state index is 12.6. The number of rotatable bonds is 3. The van der Waals surface area contributed by atoms with Crippen LogP contribution in [0.3, 0.4) is 0 Å². The Bertz CT molecular complexity index is 1100. The highest BCUT2D eigenvalue weighted by Crippen LogP contribution is 2.35. The van der Waals surface area contributed by atoms with Crippen molar-refractivity contribution < 1.29 is 9.90 Å². The molecule has 146 valence electrons. The quantitative estimate of drug-likeness (QED) is 0.486. The number of halogens is 2. The van der Waals surface area contributed by atoms with E-state index in [2.05, 4.69) is 26.2 Å². The van der Waals surface area contributed by atoms with Crippen molar-refractivity contribution in [3.8, 4) is 5.75 Å². The van der Waals surface area contributed by atoms with Crippen molar-refractivity contribution in [1.82, 2.24) is 9.55 Å². The van der Waals surface area contributed by atoms with E-state index in [0.29, 0.717) is 18.5 Å². The first-order valence-electron chi connectivity index (χ1n) is 9.12. The minimum atomic E-state index is -0.117. The van der Waals surface area contributed by atoms with Crippen LogP contribution in [0.25, 0.3) is 11.0 Å². The number of carbonyl (C=O) groups is 1. The topological polar surface area (TPSA) is 87.1 Å². The third kappa shape index (κ3) is 3.56. The molecule has 0 aliphatic heterocycles. The smallest absolute Gasteiger partial charge is 0.326 e. The van der Waals surface area contributed by atoms with E-state index in [9.17, 15) is 14.7 Å². The summed E-state index contributed by atoms with van der Waals surface area (Å²) in [5, 5.41) is 12.5. The molecule has 3 N–H and O–H groups in total. The van der Waals surface area contributed by atoms with Crippen molar-refractivity contribution in [1.29, 1.82) is 0 Å². The molecule has 0 atom stereocenters. The number of amides is 1. The van der Waals surface area contributed by atoms with Crippen molar-refractivity contribution in [3.63, 3.8) is 0 Å². The van der Waals surface area contributed by atoms with Gasteiger partial charge in [-0.3, -0.25) is 9.36 Å². The Morgan fingerprint density at radius 2 is 1.96 bits per heavy atom. The monoisotopic (exact) mass is 463 g/mol. The summed E-state index contributed by atoms with van der Waals surface area (Å²) in [6.45, 7) is 0. The van der Waals surface area contributed by atoms with E-state index in [-0.39, 0.29) is 34.3 Å². The van der Waals surface area contributed by atoms with Crippen LogP contribution in [0.4, 0.5) is 5.69 Å². The third-order valence-electron chi connectivity index (χ3n) is 5.35. The minimum absolute atomic E-state index is 0.0176. The molecular formula is C20H19BrClN3O3. The van der Waals surface area contributed by atoms with E-state index in [0.717, 1.165) is 28.3 Å². The summed E-state index contributed by atoms with van der Waals surface area (Å²) in [5.41, 5.74) is 2.13. The summed E-state index contributed by atoms with van der Waals surface area (Å²) < 4.78 is 2.68. The Labute approximate surface area is 174 Å². The van der Waals surface area contributed by atoms with Gasteiger partial charge in [0.1, 0.15) is 5.75 Å². The van der Waals surface area contributed by atoms with E-state index >= 15 is 0 Å². The first-order chi connectivity index (χ1) is 13.4. The number of phenols is 1. The van der Waals surface area contributed by atoms with Gasteiger partial charge in [0.15, 0.2) is 0 Å². The van der Waals surface area contributed by atoms with Gasteiger partial charge in [-0.1, -0.05) is 17.7 Å². The van der Waals surface area contributed by atoms with E-state index in [1.165, 1.54) is 12.1 Å². The van der Waals surface area contributed by atoms with Crippen LogP contribution in [-0.2, 0) is 4.79 Å². The molecule has 0 spiro atoms. The first kappa shape index (κ1) is 19.1. The van der Waals surface area contributed by atoms with Crippen molar-refractivity contribution in [2.45, 2.75) is 31.7 Å². The number of aromatic amines is 1. The number of H-pyrrole nitrogens is 1. The molecule has 0 saturated heterocycles. The molecule has 1 amide bonds. The van der Waals surface area contributed by atoms with Gasteiger partial charge in [0.25, 0.3) is 0 Å². The average molecular weight is 465 g/mol. The van der Waals surface area contributed by atoms with E-state index in [1.54, 1.807) is 6.07 Å². The predicted octanol–water partition coefficient (Wildman–Crippen LogP) is 4.82. The Kier molecular flexibility index (Phi) is 5.21. The van der Waals surface area contributed by atoms with Gasteiger partial charge in [0.05, 0.1) is 16.1 Å². The van der Waals surface area contributed by atoms with Crippen LogP contribution in [0.1, 0.15) is 31.7 Å². The lowest BCUT2D eigenvalue weighted by atomic mass is 9.85. The number of phenolic OH excluding ortho intramolecular Hbond substituents is 1. The normalized spacial score (nSPS) is 19.6. The summed E-state index contributed by atoms with van der Waals surface area (Å²) >= 11 is 9.37. The molecule has 0 radical (unpaired) electrons. The number of aromatic hydroxyl groups is 1. The standard InChI is InChI=1S/C20H19BrClN3O3/c21-14-2-1-3-16-18(14)24-20(28)25(16)13-7-4-11(5-8-13)19(27)23-12-6-9-17(26)15(22)10-12/h1-3,6,9-11,13,26H,4-5,7-8H2,(H,23,27)(H,24,28). The van der Waals surface area contributed by atoms with E-state index < -0.39 is 0 Å². The fraction of sp³-hybridized carbons (Fsp3) is 0.300. The van der Waals surface area contributed by atoms with Gasteiger partial charge in [-0.05, 0) is 71.9 Å². The molecule has 1 heterocycles. The number of anilines is 1. The molecule has 0 bridgehead atoms. The molecule has 1 saturated carbocycles. The fourth-order valence-corrected chi connectivity index (χ4v) is 4.54. The van der Waals surface area contributed by atoms with Crippen LogP contribution < -0.4 is 11.0 Å². The van der Waals surface area contributed by atoms with Gasteiger partial charge >= 0.3 is 5.69 Å². The molecule has 8 heteroatoms. The van der Waals surface area contributed by atoms with Gasteiger partial charge in [-0.15, -0.1) is 0 Å². The molecule has 1 aliphatic rings. The van der Waals surface area contributed by atoms with Gasteiger partial charge in [0, 0.05) is 22.1 Å². The van der Waals surface area contributed by atoms with E-state index in [4.69, 9.17) is 11.6 Å². The Hall–Kier alpha value is -2.25. The maximum Gasteiger partial charge on any atom is 0.326 e. The molecule has 4 rings (SSSR count). The molecule has 3 aromatic rings. The molecule has 6 nitrogen and oxygen atoms in total. The zero-order valence-corrected chi connectivity index (χ0v) is 17.3. The van der Waals surface area contributed by atoms with Crippen LogP contribution in [0.5, 0.6) is 5.75 Å². The average Bonchev–Trinajstić information content (AvgIpc) is 3.02. The van der Waals surface area contributed by atoms with Crippen LogP contribution in [0, 0.1) is 5.92 Å². The number of fused-ring (bicyclic) bond motifs is 1. The number of aromatic nitrogens is 2. The summed E-state index contributed by atoms with van der Waals surface area (Å²) in [4.78, 5) is 28.0. The SMILES string of the molecule is O=C(Nc1ccc(O)c(Cl)c1)C1CCC(n2c(=O)[nH]c3c(Br)cccc32)CC1. The van der Waals surface area contributed by atoms with Gasteiger partial charge in [0.2, 0.25) is 5.91 Å². The van der Waals surface area contributed by atoms with Crippen molar-refractivity contribution in [2.24, 2.45) is 5.92 Å². The zero-order chi connectivity index (χ0) is 19.8. The van der Waals surface area contributed by atoms with Crippen molar-refractivity contribution in [2.75, 3.05) is 5.32 Å². The lowest BCUT2D eigenvalue weighted by Crippen LogP contribution is -2.31. The number of imidazole rings is 1. The predicted molar refractivity (Wildman–Crippen MR) is 113 cm³/mol. The second-order valence-electron chi connectivity index (χ2n) is 7.10. The number of benzene rings is 2.